The molecule has 1 heterocycles. The Hall–Kier alpha value is -3.51. The van der Waals surface area contributed by atoms with Gasteiger partial charge in [-0.1, -0.05) is 42.8 Å². The van der Waals surface area contributed by atoms with Crippen molar-refractivity contribution in [3.63, 3.8) is 0 Å². The molecule has 0 saturated carbocycles. The maximum Gasteiger partial charge on any atom is 0.266 e. The second kappa shape index (κ2) is 9.55. The zero-order valence-corrected chi connectivity index (χ0v) is 19.1. The van der Waals surface area contributed by atoms with Gasteiger partial charge in [-0.05, 0) is 61.9 Å². The summed E-state index contributed by atoms with van der Waals surface area (Å²) in [5, 5.41) is 0.944. The van der Waals surface area contributed by atoms with Gasteiger partial charge in [0.15, 0.2) is 0 Å². The number of para-hydroxylation sites is 1. The zero-order chi connectivity index (χ0) is 23.5. The molecule has 4 rings (SSSR count). The number of nitrogens with zero attached hydrogens (tertiary/aromatic N) is 3. The van der Waals surface area contributed by atoms with Crippen LogP contribution in [0.25, 0.3) is 16.6 Å². The largest absolute Gasteiger partial charge is 0.329 e. The molecule has 0 bridgehead atoms. The van der Waals surface area contributed by atoms with Crippen LogP contribution < -0.4 is 5.56 Å². The number of amides is 1. The van der Waals surface area contributed by atoms with E-state index in [-0.39, 0.29) is 17.0 Å². The Kier molecular flexibility index (Phi) is 6.56. The number of aromatic nitrogens is 2. The topological polar surface area (TPSA) is 55.2 Å². The van der Waals surface area contributed by atoms with Crippen LogP contribution in [0.4, 0.5) is 4.39 Å². The second-order valence-corrected chi connectivity index (χ2v) is 8.23. The normalized spacial score (nSPS) is 12.0. The van der Waals surface area contributed by atoms with E-state index in [4.69, 9.17) is 16.6 Å². The van der Waals surface area contributed by atoms with E-state index < -0.39 is 11.9 Å². The Morgan fingerprint density at radius 1 is 1.09 bits per heavy atom. The summed E-state index contributed by atoms with van der Waals surface area (Å²) in [6, 6.07) is 19.1. The maximum atomic E-state index is 13.8. The lowest BCUT2D eigenvalue weighted by molar-refractivity contribution is 0.0680. The van der Waals surface area contributed by atoms with Gasteiger partial charge in [0.2, 0.25) is 0 Å². The number of hydrogen-bond acceptors (Lipinski definition) is 3. The summed E-state index contributed by atoms with van der Waals surface area (Å²) in [5.74, 6) is -0.410. The number of benzene rings is 3. The smallest absolute Gasteiger partial charge is 0.266 e. The molecule has 33 heavy (non-hydrogen) atoms. The number of halogens is 2. The van der Waals surface area contributed by atoms with Crippen molar-refractivity contribution < 1.29 is 9.18 Å². The zero-order valence-electron chi connectivity index (χ0n) is 18.3. The summed E-state index contributed by atoms with van der Waals surface area (Å²) in [5.41, 5.74) is 1.09. The number of fused-ring (bicyclic) bond motifs is 1. The third-order valence-corrected chi connectivity index (χ3v) is 5.74. The predicted octanol–water partition coefficient (Wildman–Crippen LogP) is 5.79. The summed E-state index contributed by atoms with van der Waals surface area (Å²) in [4.78, 5) is 33.3. The first-order valence-electron chi connectivity index (χ1n) is 10.7. The predicted molar refractivity (Wildman–Crippen MR) is 128 cm³/mol. The minimum Gasteiger partial charge on any atom is -0.329 e. The van der Waals surface area contributed by atoms with Crippen molar-refractivity contribution in [2.45, 2.75) is 26.3 Å². The fourth-order valence-electron chi connectivity index (χ4n) is 3.93. The van der Waals surface area contributed by atoms with Gasteiger partial charge in [0.1, 0.15) is 11.6 Å². The first-order valence-corrected chi connectivity index (χ1v) is 11.1. The summed E-state index contributed by atoms with van der Waals surface area (Å²) < 4.78 is 15.3. The van der Waals surface area contributed by atoms with Crippen LogP contribution in [0.2, 0.25) is 5.02 Å². The maximum absolute atomic E-state index is 13.8. The molecule has 1 amide bonds. The van der Waals surface area contributed by atoms with Crippen LogP contribution in [0.1, 0.15) is 42.5 Å². The molecule has 7 heteroatoms. The Bertz CT molecular complexity index is 1390. The molecular formula is C26H23ClFN3O2. The number of rotatable bonds is 6. The monoisotopic (exact) mass is 463 g/mol. The Labute approximate surface area is 196 Å². The fourth-order valence-corrected chi connectivity index (χ4v) is 4.12. The molecular weight excluding hydrogens is 441 g/mol. The van der Waals surface area contributed by atoms with Crippen molar-refractivity contribution in [3.8, 4) is 5.69 Å². The molecule has 0 aliphatic rings. The van der Waals surface area contributed by atoms with E-state index >= 15 is 0 Å². The molecule has 3 aromatic carbocycles. The summed E-state index contributed by atoms with van der Waals surface area (Å²) in [6.45, 7) is 4.19. The molecule has 5 nitrogen and oxygen atoms in total. The molecule has 0 aliphatic heterocycles. The van der Waals surface area contributed by atoms with Gasteiger partial charge in [0.25, 0.3) is 11.5 Å². The molecule has 0 aliphatic carbocycles. The lowest BCUT2D eigenvalue weighted by Gasteiger charge is -2.30. The first kappa shape index (κ1) is 22.7. The highest BCUT2D eigenvalue weighted by atomic mass is 35.5. The van der Waals surface area contributed by atoms with E-state index in [0.29, 0.717) is 40.4 Å². The molecule has 1 aromatic heterocycles. The van der Waals surface area contributed by atoms with Gasteiger partial charge in [-0.2, -0.15) is 0 Å². The highest BCUT2D eigenvalue weighted by molar-refractivity contribution is 6.30. The second-order valence-electron chi connectivity index (χ2n) is 7.79. The minimum atomic E-state index is -0.572. The number of hydrogen-bond donors (Lipinski definition) is 0. The van der Waals surface area contributed by atoms with Gasteiger partial charge >= 0.3 is 0 Å². The Balaban J connectivity index is 1.92. The van der Waals surface area contributed by atoms with Gasteiger partial charge in [-0.15, -0.1) is 0 Å². The summed E-state index contributed by atoms with van der Waals surface area (Å²) in [7, 11) is 0. The van der Waals surface area contributed by atoms with Gasteiger partial charge in [0.05, 0.1) is 22.6 Å². The SMILES string of the molecule is CCCN(C(=O)c1cccc(F)c1)C(C)c1nc2ccccc2c(=O)n1-c1cccc(Cl)c1. The van der Waals surface area contributed by atoms with Crippen LogP contribution in [0.15, 0.2) is 77.6 Å². The highest BCUT2D eigenvalue weighted by Crippen LogP contribution is 2.26. The fraction of sp³-hybridized carbons (Fsp3) is 0.192. The summed E-state index contributed by atoms with van der Waals surface area (Å²) in [6.07, 6.45) is 0.681. The quantitative estimate of drug-likeness (QED) is 0.363. The molecule has 1 atom stereocenters. The van der Waals surface area contributed by atoms with Crippen molar-refractivity contribution in [1.82, 2.24) is 14.5 Å². The van der Waals surface area contributed by atoms with E-state index in [1.54, 1.807) is 53.4 Å². The lowest BCUT2D eigenvalue weighted by Crippen LogP contribution is -2.38. The van der Waals surface area contributed by atoms with Crippen LogP contribution in [0.3, 0.4) is 0 Å². The molecule has 1 unspecified atom stereocenters. The van der Waals surface area contributed by atoms with Crippen molar-refractivity contribution in [2.75, 3.05) is 6.54 Å². The van der Waals surface area contributed by atoms with Crippen LogP contribution in [0.5, 0.6) is 0 Å². The Morgan fingerprint density at radius 3 is 2.58 bits per heavy atom. The van der Waals surface area contributed by atoms with Gasteiger partial charge in [0, 0.05) is 17.1 Å². The van der Waals surface area contributed by atoms with Crippen molar-refractivity contribution in [2.24, 2.45) is 0 Å². The van der Waals surface area contributed by atoms with Crippen LogP contribution in [-0.2, 0) is 0 Å². The highest BCUT2D eigenvalue weighted by Gasteiger charge is 2.27. The number of carbonyl (C=O) groups excluding carboxylic acids is 1. The van der Waals surface area contributed by atoms with Crippen LogP contribution in [-0.4, -0.2) is 26.9 Å². The molecule has 4 aromatic rings. The molecule has 168 valence electrons. The first-order chi connectivity index (χ1) is 15.9. The van der Waals surface area contributed by atoms with Crippen molar-refractivity contribution in [3.05, 3.63) is 105 Å². The van der Waals surface area contributed by atoms with Gasteiger partial charge < -0.3 is 4.90 Å². The van der Waals surface area contributed by atoms with Crippen LogP contribution in [0, 0.1) is 5.82 Å². The van der Waals surface area contributed by atoms with Crippen LogP contribution >= 0.6 is 11.6 Å². The van der Waals surface area contributed by atoms with E-state index in [9.17, 15) is 14.0 Å². The van der Waals surface area contributed by atoms with E-state index in [1.165, 1.54) is 22.8 Å². The van der Waals surface area contributed by atoms with Crippen molar-refractivity contribution >= 4 is 28.4 Å². The third kappa shape index (κ3) is 4.52. The van der Waals surface area contributed by atoms with E-state index in [2.05, 4.69) is 0 Å². The molecule has 0 N–H and O–H groups in total. The molecule has 0 saturated heterocycles. The Morgan fingerprint density at radius 2 is 1.85 bits per heavy atom. The standard InChI is InChI=1S/C26H23ClFN3O2/c1-3-14-30(25(32)18-8-6-10-20(28)15-18)17(2)24-29-23-13-5-4-12-22(23)26(33)31(24)21-11-7-9-19(27)16-21/h4-13,15-17H,3,14H2,1-2H3. The average Bonchev–Trinajstić information content (AvgIpc) is 2.81. The average molecular weight is 464 g/mol. The summed E-state index contributed by atoms with van der Waals surface area (Å²) >= 11 is 6.22. The van der Waals surface area contributed by atoms with E-state index in [1.807, 2.05) is 19.9 Å². The molecule has 0 fully saturated rings. The lowest BCUT2D eigenvalue weighted by atomic mass is 10.1. The minimum absolute atomic E-state index is 0.243. The van der Waals surface area contributed by atoms with Gasteiger partial charge in [-0.3, -0.25) is 14.2 Å². The number of carbonyl (C=O) groups is 1. The van der Waals surface area contributed by atoms with Crippen molar-refractivity contribution in [1.29, 1.82) is 0 Å². The third-order valence-electron chi connectivity index (χ3n) is 5.51. The van der Waals surface area contributed by atoms with E-state index in [0.717, 1.165) is 0 Å². The molecule has 0 radical (unpaired) electrons. The van der Waals surface area contributed by atoms with Gasteiger partial charge in [-0.25, -0.2) is 9.37 Å². The molecule has 0 spiro atoms.